The molecule has 0 saturated carbocycles. The fourth-order valence-electron chi connectivity index (χ4n) is 5.27. The normalized spacial score (nSPS) is 17.2. The van der Waals surface area contributed by atoms with Crippen molar-refractivity contribution in [3.05, 3.63) is 90.6 Å². The minimum absolute atomic E-state index is 0.0535. The number of aromatic nitrogens is 1. The molecule has 232 valence electrons. The van der Waals surface area contributed by atoms with Crippen molar-refractivity contribution in [2.75, 3.05) is 40.4 Å². The first-order chi connectivity index (χ1) is 21.1. The summed E-state index contributed by atoms with van der Waals surface area (Å²) in [7, 11) is -5.58. The molecule has 4 aromatic rings. The summed E-state index contributed by atoms with van der Waals surface area (Å²) >= 11 is 0. The van der Waals surface area contributed by atoms with E-state index in [1.807, 2.05) is 37.3 Å². The Labute approximate surface area is 257 Å². The summed E-state index contributed by atoms with van der Waals surface area (Å²) < 4.78 is 68.7. The number of carbonyl (C=O) groups is 1. The number of benzene rings is 3. The molecule has 44 heavy (non-hydrogen) atoms. The van der Waals surface area contributed by atoms with Crippen molar-refractivity contribution in [2.24, 2.45) is 0 Å². The number of hydrogen-bond acceptors (Lipinski definition) is 8. The summed E-state index contributed by atoms with van der Waals surface area (Å²) in [4.78, 5) is 18.0. The SMILES string of the molecule is COc1ccc(S(=O)(=O)N2CCN(S(=O)(=O)c3cccc4cccnc34)C(C(=O)NCC(C)c3ccccc3)C2)cc1OC. The quantitative estimate of drug-likeness (QED) is 0.280. The summed E-state index contributed by atoms with van der Waals surface area (Å²) in [6, 6.07) is 20.7. The number of nitrogens with one attached hydrogen (secondary N) is 1. The molecular weight excluding hydrogens is 604 g/mol. The van der Waals surface area contributed by atoms with E-state index in [1.165, 1.54) is 44.7 Å². The maximum atomic E-state index is 14.2. The van der Waals surface area contributed by atoms with Crippen LogP contribution in [-0.4, -0.2) is 82.8 Å². The topological polar surface area (TPSA) is 135 Å². The molecule has 0 radical (unpaired) electrons. The standard InChI is InChI=1S/C31H34N4O7S2/c1-22(23-9-5-4-6-10-23)20-33-31(36)26-21-34(43(37,38)25-14-15-27(41-2)28(19-25)42-3)17-18-35(26)44(39,40)29-13-7-11-24-12-8-16-32-30(24)29/h4-16,19,22,26H,17-18,20-21H2,1-3H3,(H,33,36). The number of para-hydroxylation sites is 1. The van der Waals surface area contributed by atoms with Gasteiger partial charge in [0.2, 0.25) is 26.0 Å². The number of ether oxygens (including phenoxy) is 2. The molecule has 1 N–H and O–H groups in total. The average molecular weight is 639 g/mol. The van der Waals surface area contributed by atoms with Gasteiger partial charge in [-0.25, -0.2) is 16.8 Å². The van der Waals surface area contributed by atoms with Crippen LogP contribution in [0.4, 0.5) is 0 Å². The molecule has 2 heterocycles. The number of amides is 1. The maximum Gasteiger partial charge on any atom is 0.246 e. The van der Waals surface area contributed by atoms with Gasteiger partial charge >= 0.3 is 0 Å². The molecule has 11 nitrogen and oxygen atoms in total. The van der Waals surface area contributed by atoms with Crippen LogP contribution in [0.5, 0.6) is 11.5 Å². The summed E-state index contributed by atoms with van der Waals surface area (Å²) in [5.41, 5.74) is 1.27. The van der Waals surface area contributed by atoms with Crippen LogP contribution in [0.25, 0.3) is 10.9 Å². The van der Waals surface area contributed by atoms with Crippen LogP contribution in [0, 0.1) is 0 Å². The first-order valence-electron chi connectivity index (χ1n) is 14.0. The molecular formula is C31H34N4O7S2. The molecule has 1 aromatic heterocycles. The minimum atomic E-state index is -4.27. The van der Waals surface area contributed by atoms with E-state index in [4.69, 9.17) is 9.47 Å². The number of rotatable bonds is 10. The third-order valence-electron chi connectivity index (χ3n) is 7.72. The van der Waals surface area contributed by atoms with E-state index in [0.717, 1.165) is 14.2 Å². The van der Waals surface area contributed by atoms with Crippen LogP contribution < -0.4 is 14.8 Å². The zero-order valence-electron chi connectivity index (χ0n) is 24.6. The van der Waals surface area contributed by atoms with Crippen molar-refractivity contribution in [2.45, 2.75) is 28.7 Å². The molecule has 1 fully saturated rings. The van der Waals surface area contributed by atoms with E-state index >= 15 is 0 Å². The lowest BCUT2D eigenvalue weighted by Gasteiger charge is -2.39. The van der Waals surface area contributed by atoms with Crippen LogP contribution in [0.3, 0.4) is 0 Å². The van der Waals surface area contributed by atoms with Gasteiger partial charge in [-0.1, -0.05) is 55.5 Å². The summed E-state index contributed by atoms with van der Waals surface area (Å²) in [6.45, 7) is 1.37. The maximum absolute atomic E-state index is 14.2. The summed E-state index contributed by atoms with van der Waals surface area (Å²) in [6.07, 6.45) is 1.50. The fourth-order valence-corrected chi connectivity index (χ4v) is 8.46. The second-order valence-electron chi connectivity index (χ2n) is 10.4. The molecule has 1 saturated heterocycles. The molecule has 1 amide bonds. The van der Waals surface area contributed by atoms with Crippen molar-refractivity contribution in [1.29, 1.82) is 0 Å². The lowest BCUT2D eigenvalue weighted by atomic mass is 10.0. The Bertz CT molecular complexity index is 1860. The Morgan fingerprint density at radius 1 is 0.909 bits per heavy atom. The van der Waals surface area contributed by atoms with Crippen molar-refractivity contribution >= 4 is 36.9 Å². The molecule has 0 spiro atoms. The predicted octanol–water partition coefficient (Wildman–Crippen LogP) is 3.24. The second-order valence-corrected chi connectivity index (χ2v) is 14.2. The number of fused-ring (bicyclic) bond motifs is 1. The molecule has 0 bridgehead atoms. The van der Waals surface area contributed by atoms with Crippen molar-refractivity contribution in [1.82, 2.24) is 18.9 Å². The molecule has 0 aliphatic carbocycles. The van der Waals surface area contributed by atoms with Crippen LogP contribution in [0.2, 0.25) is 0 Å². The summed E-state index contributed by atoms with van der Waals surface area (Å²) in [5, 5.41) is 3.49. The Balaban J connectivity index is 1.49. The highest BCUT2D eigenvalue weighted by atomic mass is 32.2. The highest BCUT2D eigenvalue weighted by Crippen LogP contribution is 2.33. The Hall–Kier alpha value is -4.04. The number of piperazine rings is 1. The largest absolute Gasteiger partial charge is 0.493 e. The van der Waals surface area contributed by atoms with Gasteiger partial charge in [0.15, 0.2) is 11.5 Å². The fraction of sp³-hybridized carbons (Fsp3) is 0.290. The molecule has 5 rings (SSSR count). The first kappa shape index (κ1) is 31.4. The van der Waals surface area contributed by atoms with E-state index in [1.54, 1.807) is 24.3 Å². The third kappa shape index (κ3) is 6.13. The molecule has 1 aliphatic rings. The zero-order chi connectivity index (χ0) is 31.5. The van der Waals surface area contributed by atoms with Crippen molar-refractivity contribution < 1.29 is 31.1 Å². The van der Waals surface area contributed by atoms with E-state index in [9.17, 15) is 21.6 Å². The van der Waals surface area contributed by atoms with Gasteiger partial charge in [0.05, 0.1) is 24.6 Å². The van der Waals surface area contributed by atoms with Crippen molar-refractivity contribution in [3.8, 4) is 11.5 Å². The van der Waals surface area contributed by atoms with E-state index in [2.05, 4.69) is 10.3 Å². The summed E-state index contributed by atoms with van der Waals surface area (Å²) in [5.74, 6) is -0.0854. The molecule has 3 aromatic carbocycles. The van der Waals surface area contributed by atoms with E-state index in [-0.39, 0.29) is 53.2 Å². The number of hydrogen-bond donors (Lipinski definition) is 1. The molecule has 13 heteroatoms. The van der Waals surface area contributed by atoms with E-state index < -0.39 is 32.0 Å². The monoisotopic (exact) mass is 638 g/mol. The number of nitrogens with zero attached hydrogens (tertiary/aromatic N) is 3. The van der Waals surface area contributed by atoms with Crippen LogP contribution in [0.15, 0.2) is 94.9 Å². The van der Waals surface area contributed by atoms with Gasteiger partial charge < -0.3 is 14.8 Å². The Morgan fingerprint density at radius 3 is 2.36 bits per heavy atom. The number of methoxy groups -OCH3 is 2. The van der Waals surface area contributed by atoms with Crippen molar-refractivity contribution in [3.63, 3.8) is 0 Å². The smallest absolute Gasteiger partial charge is 0.246 e. The second kappa shape index (κ2) is 12.9. The number of sulfonamides is 2. The highest BCUT2D eigenvalue weighted by molar-refractivity contribution is 7.89. The lowest BCUT2D eigenvalue weighted by molar-refractivity contribution is -0.125. The molecule has 2 atom stereocenters. The zero-order valence-corrected chi connectivity index (χ0v) is 26.2. The van der Waals surface area contributed by atoms with Crippen LogP contribution >= 0.6 is 0 Å². The predicted molar refractivity (Wildman–Crippen MR) is 166 cm³/mol. The van der Waals surface area contributed by atoms with Gasteiger partial charge in [-0.05, 0) is 35.7 Å². The first-order valence-corrected chi connectivity index (χ1v) is 16.9. The minimum Gasteiger partial charge on any atom is -0.493 e. The van der Waals surface area contributed by atoms with Gasteiger partial charge in [0.1, 0.15) is 10.9 Å². The molecule has 2 unspecified atom stereocenters. The van der Waals surface area contributed by atoms with Gasteiger partial charge in [0.25, 0.3) is 0 Å². The Morgan fingerprint density at radius 2 is 1.64 bits per heavy atom. The van der Waals surface area contributed by atoms with Crippen LogP contribution in [0.1, 0.15) is 18.4 Å². The van der Waals surface area contributed by atoms with E-state index in [0.29, 0.717) is 11.1 Å². The van der Waals surface area contributed by atoms with Gasteiger partial charge in [0, 0.05) is 43.8 Å². The van der Waals surface area contributed by atoms with Gasteiger partial charge in [-0.3, -0.25) is 9.78 Å². The van der Waals surface area contributed by atoms with Crippen LogP contribution in [-0.2, 0) is 24.8 Å². The Kier molecular flexibility index (Phi) is 9.20. The lowest BCUT2D eigenvalue weighted by Crippen LogP contribution is -2.61. The van der Waals surface area contributed by atoms with Gasteiger partial charge in [-0.15, -0.1) is 0 Å². The van der Waals surface area contributed by atoms with Gasteiger partial charge in [-0.2, -0.15) is 8.61 Å². The average Bonchev–Trinajstić information content (AvgIpc) is 3.06. The number of carbonyl (C=O) groups excluding carboxylic acids is 1. The highest BCUT2D eigenvalue weighted by Gasteiger charge is 2.44. The third-order valence-corrected chi connectivity index (χ3v) is 11.5. The number of pyridine rings is 1. The molecule has 1 aliphatic heterocycles.